The lowest BCUT2D eigenvalue weighted by molar-refractivity contribution is -0.136. The molecule has 0 bridgehead atoms. The zero-order chi connectivity index (χ0) is 20.9. The van der Waals surface area contributed by atoms with Crippen molar-refractivity contribution < 1.29 is 19.0 Å². The van der Waals surface area contributed by atoms with Crippen LogP contribution in [-0.4, -0.2) is 62.9 Å². The van der Waals surface area contributed by atoms with Crippen LogP contribution in [0.5, 0.6) is 11.5 Å². The number of rotatable bonds is 6. The second-order valence-electron chi connectivity index (χ2n) is 7.29. The van der Waals surface area contributed by atoms with Crippen molar-refractivity contribution in [1.82, 2.24) is 15.3 Å². The van der Waals surface area contributed by atoms with Crippen LogP contribution in [0.4, 0.5) is 0 Å². The van der Waals surface area contributed by atoms with Gasteiger partial charge in [0, 0.05) is 13.1 Å². The highest BCUT2D eigenvalue weighted by molar-refractivity contribution is 5.82. The van der Waals surface area contributed by atoms with Crippen LogP contribution in [0.3, 0.4) is 0 Å². The molecular formula is C23H27N3O4. The number of hydrogen-bond acceptors (Lipinski definition) is 6. The Hall–Kier alpha value is -3.03. The van der Waals surface area contributed by atoms with Crippen molar-refractivity contribution in [2.75, 3.05) is 47.1 Å². The Balaban J connectivity index is 1.58. The molecule has 0 unspecified atom stereocenters. The van der Waals surface area contributed by atoms with Gasteiger partial charge in [-0.3, -0.25) is 15.1 Å². The van der Waals surface area contributed by atoms with Gasteiger partial charge in [0.2, 0.25) is 0 Å². The summed E-state index contributed by atoms with van der Waals surface area (Å²) in [4.78, 5) is 15.3. The summed E-state index contributed by atoms with van der Waals surface area (Å²) in [6.07, 6.45) is 2.08. The third-order valence-corrected chi connectivity index (χ3v) is 5.43. The van der Waals surface area contributed by atoms with Gasteiger partial charge in [0.25, 0.3) is 5.91 Å². The lowest BCUT2D eigenvalue weighted by Gasteiger charge is -2.30. The maximum absolute atomic E-state index is 13.2. The molecule has 1 fully saturated rings. The molecule has 1 saturated heterocycles. The van der Waals surface area contributed by atoms with E-state index in [0.29, 0.717) is 19.8 Å². The van der Waals surface area contributed by atoms with Gasteiger partial charge < -0.3 is 14.2 Å². The number of benzene rings is 2. The van der Waals surface area contributed by atoms with Gasteiger partial charge in [0.1, 0.15) is 11.5 Å². The third-order valence-electron chi connectivity index (χ3n) is 5.43. The molecule has 2 aromatic rings. The molecule has 1 amide bonds. The van der Waals surface area contributed by atoms with E-state index in [4.69, 9.17) is 14.2 Å². The number of nitrogens with zero attached hydrogens (tertiary/aromatic N) is 2. The average molecular weight is 409 g/mol. The van der Waals surface area contributed by atoms with Gasteiger partial charge >= 0.3 is 0 Å². The number of amides is 1. The molecular weight excluding hydrogens is 382 g/mol. The maximum Gasteiger partial charge on any atom is 0.255 e. The van der Waals surface area contributed by atoms with Crippen LogP contribution in [0.2, 0.25) is 0 Å². The molecule has 2 aliphatic rings. The Kier molecular flexibility index (Phi) is 6.21. The van der Waals surface area contributed by atoms with Gasteiger partial charge in [-0.1, -0.05) is 12.1 Å². The van der Waals surface area contributed by atoms with Gasteiger partial charge in [-0.25, -0.2) is 5.01 Å². The lowest BCUT2D eigenvalue weighted by atomic mass is 10.0. The van der Waals surface area contributed by atoms with Crippen LogP contribution in [0.15, 0.2) is 54.6 Å². The van der Waals surface area contributed by atoms with E-state index in [9.17, 15) is 4.79 Å². The third kappa shape index (κ3) is 4.42. The first-order valence-electron chi connectivity index (χ1n) is 10.1. The van der Waals surface area contributed by atoms with Gasteiger partial charge in [0.05, 0.1) is 45.7 Å². The zero-order valence-electron chi connectivity index (χ0n) is 17.3. The summed E-state index contributed by atoms with van der Waals surface area (Å²) in [6.45, 7) is 3.22. The molecule has 0 aromatic heterocycles. The van der Waals surface area contributed by atoms with Gasteiger partial charge in [-0.15, -0.1) is 0 Å². The molecule has 4 rings (SSSR count). The fraction of sp³-hybridized carbons (Fsp3) is 0.348. The smallest absolute Gasteiger partial charge is 0.255 e. The largest absolute Gasteiger partial charge is 0.497 e. The Morgan fingerprint density at radius 3 is 2.20 bits per heavy atom. The molecule has 158 valence electrons. The van der Waals surface area contributed by atoms with Crippen molar-refractivity contribution in [3.63, 3.8) is 0 Å². The summed E-state index contributed by atoms with van der Waals surface area (Å²) in [5.41, 5.74) is 6.24. The van der Waals surface area contributed by atoms with Gasteiger partial charge in [-0.05, 0) is 53.6 Å². The number of hydrazine groups is 1. The number of ether oxygens (including phenoxy) is 3. The van der Waals surface area contributed by atoms with Gasteiger partial charge in [0.15, 0.2) is 0 Å². The number of carbonyl (C=O) groups is 1. The quantitative estimate of drug-likeness (QED) is 0.791. The molecule has 0 radical (unpaired) electrons. The highest BCUT2D eigenvalue weighted by atomic mass is 16.5. The van der Waals surface area contributed by atoms with Crippen molar-refractivity contribution in [2.24, 2.45) is 0 Å². The zero-order valence-corrected chi connectivity index (χ0v) is 17.3. The second kappa shape index (κ2) is 9.19. The number of carbonyl (C=O) groups excluding carboxylic acids is 1. The first kappa shape index (κ1) is 20.3. The molecule has 0 saturated carbocycles. The molecule has 7 heteroatoms. The summed E-state index contributed by atoms with van der Waals surface area (Å²) < 4.78 is 15.9. The molecule has 30 heavy (non-hydrogen) atoms. The fourth-order valence-corrected chi connectivity index (χ4v) is 3.69. The summed E-state index contributed by atoms with van der Waals surface area (Å²) in [5, 5.41) is 1.72. The number of morpholine rings is 1. The monoisotopic (exact) mass is 409 g/mol. The summed E-state index contributed by atoms with van der Waals surface area (Å²) in [6, 6.07) is 15.4. The molecule has 0 aliphatic carbocycles. The molecule has 1 N–H and O–H groups in total. The minimum Gasteiger partial charge on any atom is -0.497 e. The van der Waals surface area contributed by atoms with Crippen LogP contribution in [-0.2, 0) is 9.53 Å². The predicted molar refractivity (Wildman–Crippen MR) is 114 cm³/mol. The van der Waals surface area contributed by atoms with Crippen LogP contribution >= 0.6 is 0 Å². The standard InChI is InChI=1S/C23H27N3O4/c1-28-19-7-3-17(4-8-19)21-15-22(18-5-9-20(29-2)10-6-18)26(24-21)23(27)16-25-11-13-30-14-12-25/h3-10,15,22,24H,11-14,16H2,1-2H3/t22-/m1/s1. The normalized spacial score (nSPS) is 19.2. The van der Waals surface area contributed by atoms with E-state index < -0.39 is 0 Å². The molecule has 0 spiro atoms. The minimum atomic E-state index is -0.207. The summed E-state index contributed by atoms with van der Waals surface area (Å²) >= 11 is 0. The van der Waals surface area contributed by atoms with Crippen LogP contribution in [0, 0.1) is 0 Å². The van der Waals surface area contributed by atoms with E-state index in [1.807, 2.05) is 48.5 Å². The Morgan fingerprint density at radius 1 is 1.00 bits per heavy atom. The molecule has 1 atom stereocenters. The fourth-order valence-electron chi connectivity index (χ4n) is 3.69. The van der Waals surface area contributed by atoms with Crippen LogP contribution < -0.4 is 14.9 Å². The van der Waals surface area contributed by atoms with E-state index in [2.05, 4.69) is 16.4 Å². The minimum absolute atomic E-state index is 0.0254. The number of hydrogen-bond donors (Lipinski definition) is 1. The average Bonchev–Trinajstić information content (AvgIpc) is 3.25. The van der Waals surface area contributed by atoms with E-state index >= 15 is 0 Å². The Labute approximate surface area is 176 Å². The van der Waals surface area contributed by atoms with Crippen molar-refractivity contribution >= 4 is 11.6 Å². The van der Waals surface area contributed by atoms with Crippen molar-refractivity contribution in [2.45, 2.75) is 6.04 Å². The second-order valence-corrected chi connectivity index (χ2v) is 7.29. The van der Waals surface area contributed by atoms with Crippen molar-refractivity contribution in [3.8, 4) is 11.5 Å². The molecule has 2 heterocycles. The summed E-state index contributed by atoms with van der Waals surface area (Å²) in [7, 11) is 3.29. The lowest BCUT2D eigenvalue weighted by Crippen LogP contribution is -2.48. The SMILES string of the molecule is COc1ccc(C2=C[C@H](c3ccc(OC)cc3)N(C(=O)CN3CCOCC3)N2)cc1. The van der Waals surface area contributed by atoms with Crippen LogP contribution in [0.1, 0.15) is 17.2 Å². The van der Waals surface area contributed by atoms with Crippen molar-refractivity contribution in [1.29, 1.82) is 0 Å². The van der Waals surface area contributed by atoms with E-state index in [1.54, 1.807) is 19.2 Å². The van der Waals surface area contributed by atoms with Crippen molar-refractivity contribution in [3.05, 3.63) is 65.7 Å². The van der Waals surface area contributed by atoms with Gasteiger partial charge in [-0.2, -0.15) is 0 Å². The predicted octanol–water partition coefficient (Wildman–Crippen LogP) is 2.46. The highest BCUT2D eigenvalue weighted by Gasteiger charge is 2.31. The van der Waals surface area contributed by atoms with E-state index in [1.165, 1.54) is 0 Å². The first-order valence-corrected chi connectivity index (χ1v) is 10.1. The first-order chi connectivity index (χ1) is 14.7. The van der Waals surface area contributed by atoms with Crippen LogP contribution in [0.25, 0.3) is 5.70 Å². The van der Waals surface area contributed by atoms with E-state index in [-0.39, 0.29) is 11.9 Å². The van der Waals surface area contributed by atoms with E-state index in [0.717, 1.165) is 41.4 Å². The maximum atomic E-state index is 13.2. The highest BCUT2D eigenvalue weighted by Crippen LogP contribution is 2.32. The Bertz CT molecular complexity index is 890. The molecule has 2 aromatic carbocycles. The molecule has 7 nitrogen and oxygen atoms in total. The topological polar surface area (TPSA) is 63.3 Å². The summed E-state index contributed by atoms with van der Waals surface area (Å²) in [5.74, 6) is 1.61. The number of nitrogens with one attached hydrogen (secondary N) is 1. The number of methoxy groups -OCH3 is 2. The molecule has 2 aliphatic heterocycles. The Morgan fingerprint density at radius 2 is 1.60 bits per heavy atom.